The van der Waals surface area contributed by atoms with E-state index in [1.54, 1.807) is 11.6 Å². The minimum absolute atomic E-state index is 0.0553. The van der Waals surface area contributed by atoms with Crippen LogP contribution in [0.3, 0.4) is 0 Å². The molecule has 1 aromatic carbocycles. The zero-order valence-electron chi connectivity index (χ0n) is 18.0. The standard InChI is InChI=1S/C23H26N6O2/c1-4-17-20(15(3)30)14(2)27-21(17)23(31)26-12-8-11-19-18(13-24)22(25)29(28-19)16-9-6-5-7-10-16/h5-7,9-10,27H,4,8,11-12,25H2,1-3H3,(H,26,31). The molecule has 8 nitrogen and oxygen atoms in total. The Bertz CT molecular complexity index is 1150. The average Bonchev–Trinajstić information content (AvgIpc) is 3.27. The van der Waals surface area contributed by atoms with Crippen molar-refractivity contribution < 1.29 is 9.59 Å². The summed E-state index contributed by atoms with van der Waals surface area (Å²) in [5.41, 5.74) is 10.3. The van der Waals surface area contributed by atoms with Crippen molar-refractivity contribution >= 4 is 17.5 Å². The predicted molar refractivity (Wildman–Crippen MR) is 118 cm³/mol. The minimum Gasteiger partial charge on any atom is -0.382 e. The van der Waals surface area contributed by atoms with Gasteiger partial charge in [0.2, 0.25) is 0 Å². The Hall–Kier alpha value is -3.86. The normalized spacial score (nSPS) is 10.6. The molecular weight excluding hydrogens is 392 g/mol. The van der Waals surface area contributed by atoms with Gasteiger partial charge in [-0.1, -0.05) is 25.1 Å². The molecule has 2 aromatic heterocycles. The summed E-state index contributed by atoms with van der Waals surface area (Å²) in [4.78, 5) is 27.6. The van der Waals surface area contributed by atoms with Gasteiger partial charge in [-0.3, -0.25) is 9.59 Å². The second-order valence-electron chi connectivity index (χ2n) is 7.31. The summed E-state index contributed by atoms with van der Waals surface area (Å²) in [7, 11) is 0. The molecule has 160 valence electrons. The number of Topliss-reactive ketones (excluding diaryl/α,β-unsaturated/α-hetero) is 1. The Morgan fingerprint density at radius 1 is 1.29 bits per heavy atom. The van der Waals surface area contributed by atoms with Crippen LogP contribution < -0.4 is 11.1 Å². The molecule has 0 fully saturated rings. The van der Waals surface area contributed by atoms with E-state index in [9.17, 15) is 14.9 Å². The zero-order valence-corrected chi connectivity index (χ0v) is 18.0. The number of benzene rings is 1. The Balaban J connectivity index is 1.67. The molecule has 0 aliphatic heterocycles. The summed E-state index contributed by atoms with van der Waals surface area (Å²) in [6, 6.07) is 11.5. The fraction of sp³-hybridized carbons (Fsp3) is 0.304. The molecule has 3 rings (SSSR count). The van der Waals surface area contributed by atoms with Crippen molar-refractivity contribution in [1.29, 1.82) is 5.26 Å². The van der Waals surface area contributed by atoms with Crippen LogP contribution in [0.4, 0.5) is 5.82 Å². The zero-order chi connectivity index (χ0) is 22.5. The first-order chi connectivity index (χ1) is 14.9. The molecule has 0 aliphatic carbocycles. The Morgan fingerprint density at radius 2 is 2.00 bits per heavy atom. The van der Waals surface area contributed by atoms with Gasteiger partial charge in [-0.2, -0.15) is 10.4 Å². The van der Waals surface area contributed by atoms with Crippen molar-refractivity contribution in [1.82, 2.24) is 20.1 Å². The lowest BCUT2D eigenvalue weighted by Gasteiger charge is -2.06. The van der Waals surface area contributed by atoms with Gasteiger partial charge in [0.15, 0.2) is 5.78 Å². The second kappa shape index (κ2) is 9.30. The summed E-state index contributed by atoms with van der Waals surface area (Å²) in [5.74, 6) is 0.00139. The van der Waals surface area contributed by atoms with Gasteiger partial charge >= 0.3 is 0 Å². The van der Waals surface area contributed by atoms with E-state index in [0.717, 1.165) is 11.3 Å². The van der Waals surface area contributed by atoms with Crippen LogP contribution in [0.5, 0.6) is 0 Å². The maximum atomic E-state index is 12.6. The number of hydrogen-bond donors (Lipinski definition) is 3. The number of para-hydroxylation sites is 1. The molecule has 0 aliphatic rings. The molecular formula is C23H26N6O2. The van der Waals surface area contributed by atoms with Crippen molar-refractivity contribution in [2.24, 2.45) is 0 Å². The second-order valence-corrected chi connectivity index (χ2v) is 7.31. The number of nitrogens with one attached hydrogen (secondary N) is 2. The summed E-state index contributed by atoms with van der Waals surface area (Å²) < 4.78 is 1.56. The van der Waals surface area contributed by atoms with E-state index in [2.05, 4.69) is 21.5 Å². The topological polar surface area (TPSA) is 130 Å². The average molecular weight is 419 g/mol. The van der Waals surface area contributed by atoms with Crippen LogP contribution in [0, 0.1) is 18.3 Å². The number of aryl methyl sites for hydroxylation is 2. The number of nitriles is 1. The molecule has 0 saturated heterocycles. The fourth-order valence-electron chi connectivity index (χ4n) is 3.79. The van der Waals surface area contributed by atoms with Gasteiger partial charge in [-0.05, 0) is 50.8 Å². The summed E-state index contributed by atoms with van der Waals surface area (Å²) in [6.07, 6.45) is 1.67. The summed E-state index contributed by atoms with van der Waals surface area (Å²) in [6.45, 7) is 5.62. The van der Waals surface area contributed by atoms with E-state index in [4.69, 9.17) is 5.73 Å². The van der Waals surface area contributed by atoms with E-state index in [-0.39, 0.29) is 11.7 Å². The minimum atomic E-state index is -0.248. The molecule has 4 N–H and O–H groups in total. The number of rotatable bonds is 8. The molecule has 0 bridgehead atoms. The van der Waals surface area contributed by atoms with E-state index < -0.39 is 0 Å². The van der Waals surface area contributed by atoms with Gasteiger partial charge in [0.25, 0.3) is 5.91 Å². The highest BCUT2D eigenvalue weighted by Crippen LogP contribution is 2.22. The van der Waals surface area contributed by atoms with E-state index in [0.29, 0.717) is 59.8 Å². The highest BCUT2D eigenvalue weighted by atomic mass is 16.2. The first-order valence-corrected chi connectivity index (χ1v) is 10.2. The largest absolute Gasteiger partial charge is 0.382 e. The highest BCUT2D eigenvalue weighted by molar-refractivity contribution is 6.02. The number of aromatic amines is 1. The van der Waals surface area contributed by atoms with Crippen LogP contribution >= 0.6 is 0 Å². The third-order valence-electron chi connectivity index (χ3n) is 5.21. The van der Waals surface area contributed by atoms with Gasteiger partial charge in [-0.25, -0.2) is 4.68 Å². The van der Waals surface area contributed by atoms with Crippen molar-refractivity contribution in [3.63, 3.8) is 0 Å². The SMILES string of the molecule is CCc1c(C(=O)NCCCc2nn(-c3ccccc3)c(N)c2C#N)[nH]c(C)c1C(C)=O. The molecule has 8 heteroatoms. The number of hydrogen-bond acceptors (Lipinski definition) is 5. The number of anilines is 1. The van der Waals surface area contributed by atoms with Crippen molar-refractivity contribution in [2.75, 3.05) is 12.3 Å². The number of nitrogen functional groups attached to an aromatic ring is 1. The number of nitrogens with two attached hydrogens (primary N) is 1. The molecule has 0 unspecified atom stereocenters. The van der Waals surface area contributed by atoms with Crippen molar-refractivity contribution in [3.05, 3.63) is 64.1 Å². The van der Waals surface area contributed by atoms with Crippen molar-refractivity contribution in [3.8, 4) is 11.8 Å². The molecule has 0 atom stereocenters. The van der Waals surface area contributed by atoms with Gasteiger partial charge in [-0.15, -0.1) is 0 Å². The molecule has 0 radical (unpaired) electrons. The van der Waals surface area contributed by atoms with Crippen LogP contribution in [-0.2, 0) is 12.8 Å². The number of amides is 1. The van der Waals surface area contributed by atoms with Gasteiger partial charge in [0.05, 0.1) is 11.4 Å². The number of nitrogens with zero attached hydrogens (tertiary/aromatic N) is 3. The Labute approximate surface area is 181 Å². The smallest absolute Gasteiger partial charge is 0.268 e. The number of carbonyl (C=O) groups excluding carboxylic acids is 2. The monoisotopic (exact) mass is 418 g/mol. The maximum absolute atomic E-state index is 12.6. The molecule has 31 heavy (non-hydrogen) atoms. The summed E-state index contributed by atoms with van der Waals surface area (Å²) in [5, 5.41) is 16.9. The van der Waals surface area contributed by atoms with Crippen LogP contribution in [-0.4, -0.2) is 33.0 Å². The van der Waals surface area contributed by atoms with E-state index >= 15 is 0 Å². The fourth-order valence-corrected chi connectivity index (χ4v) is 3.79. The van der Waals surface area contributed by atoms with Crippen LogP contribution in [0.15, 0.2) is 30.3 Å². The molecule has 3 aromatic rings. The molecule has 0 saturated carbocycles. The van der Waals surface area contributed by atoms with Gasteiger partial charge in [0.1, 0.15) is 23.1 Å². The van der Waals surface area contributed by atoms with E-state index in [1.807, 2.05) is 37.3 Å². The lowest BCUT2D eigenvalue weighted by Crippen LogP contribution is -2.26. The first kappa shape index (κ1) is 21.8. The number of carbonyl (C=O) groups is 2. The number of ketones is 1. The molecule has 2 heterocycles. The Morgan fingerprint density at radius 3 is 2.61 bits per heavy atom. The lowest BCUT2D eigenvalue weighted by molar-refractivity contribution is 0.0947. The number of H-pyrrole nitrogens is 1. The molecule has 0 spiro atoms. The van der Waals surface area contributed by atoms with Crippen LogP contribution in [0.25, 0.3) is 5.69 Å². The highest BCUT2D eigenvalue weighted by Gasteiger charge is 2.21. The molecule has 1 amide bonds. The predicted octanol–water partition coefficient (Wildman–Crippen LogP) is 3.09. The third kappa shape index (κ3) is 4.36. The van der Waals surface area contributed by atoms with Crippen molar-refractivity contribution in [2.45, 2.75) is 40.0 Å². The van der Waals surface area contributed by atoms with Gasteiger partial charge < -0.3 is 16.0 Å². The first-order valence-electron chi connectivity index (χ1n) is 10.2. The van der Waals surface area contributed by atoms with Crippen LogP contribution in [0.1, 0.15) is 63.6 Å². The quantitative estimate of drug-likeness (QED) is 0.382. The summed E-state index contributed by atoms with van der Waals surface area (Å²) >= 11 is 0. The van der Waals surface area contributed by atoms with Crippen LogP contribution in [0.2, 0.25) is 0 Å². The van der Waals surface area contributed by atoms with E-state index in [1.165, 1.54) is 6.92 Å². The number of aromatic nitrogens is 3. The maximum Gasteiger partial charge on any atom is 0.268 e. The van der Waals surface area contributed by atoms with Gasteiger partial charge in [0, 0.05) is 17.8 Å². The lowest BCUT2D eigenvalue weighted by atomic mass is 10.0. The Kier molecular flexibility index (Phi) is 6.55. The third-order valence-corrected chi connectivity index (χ3v) is 5.21.